The van der Waals surface area contributed by atoms with E-state index in [1.807, 2.05) is 13.0 Å². The van der Waals surface area contributed by atoms with Crippen molar-refractivity contribution < 1.29 is 18.0 Å². The highest BCUT2D eigenvalue weighted by atomic mass is 19.4. The molecule has 0 fully saturated rings. The zero-order valence-electron chi connectivity index (χ0n) is 12.0. The monoisotopic (exact) mass is 311 g/mol. The summed E-state index contributed by atoms with van der Waals surface area (Å²) in [5.41, 5.74) is 0.196. The highest BCUT2D eigenvalue weighted by molar-refractivity contribution is 5.94. The molecule has 0 aliphatic rings. The lowest BCUT2D eigenvalue weighted by atomic mass is 10.1. The first-order valence-corrected chi connectivity index (χ1v) is 6.82. The minimum Gasteiger partial charge on any atom is -0.352 e. The van der Waals surface area contributed by atoms with Crippen molar-refractivity contribution in [2.75, 3.05) is 6.54 Å². The Balaban J connectivity index is 1.86. The summed E-state index contributed by atoms with van der Waals surface area (Å²) in [7, 11) is 0. The average molecular weight is 311 g/mol. The van der Waals surface area contributed by atoms with Crippen molar-refractivity contribution in [3.05, 3.63) is 53.3 Å². The molecule has 22 heavy (non-hydrogen) atoms. The van der Waals surface area contributed by atoms with Crippen LogP contribution in [0.25, 0.3) is 0 Å². The van der Waals surface area contributed by atoms with Crippen molar-refractivity contribution in [1.82, 2.24) is 15.1 Å². The minimum absolute atomic E-state index is 0.00472. The molecule has 1 aromatic heterocycles. The van der Waals surface area contributed by atoms with Crippen LogP contribution in [0.3, 0.4) is 0 Å². The number of aromatic nitrogens is 2. The molecule has 0 aliphatic heterocycles. The first-order chi connectivity index (χ1) is 10.4. The molecular weight excluding hydrogens is 295 g/mol. The highest BCUT2D eigenvalue weighted by Crippen LogP contribution is 2.29. The van der Waals surface area contributed by atoms with Gasteiger partial charge in [-0.1, -0.05) is 6.07 Å². The van der Waals surface area contributed by atoms with E-state index in [-0.39, 0.29) is 5.56 Å². The summed E-state index contributed by atoms with van der Waals surface area (Å²) >= 11 is 0. The zero-order valence-corrected chi connectivity index (χ0v) is 12.0. The number of aryl methyl sites for hydroxylation is 2. The number of nitrogens with one attached hydrogen (secondary N) is 1. The lowest BCUT2D eigenvalue weighted by Crippen LogP contribution is -2.25. The number of hydrogen-bond acceptors (Lipinski definition) is 2. The van der Waals surface area contributed by atoms with Crippen LogP contribution in [0.4, 0.5) is 13.2 Å². The molecule has 0 radical (unpaired) electrons. The van der Waals surface area contributed by atoms with Gasteiger partial charge in [0.1, 0.15) is 0 Å². The molecule has 1 N–H and O–H groups in total. The van der Waals surface area contributed by atoms with Gasteiger partial charge in [-0.15, -0.1) is 0 Å². The van der Waals surface area contributed by atoms with E-state index in [0.29, 0.717) is 19.5 Å². The summed E-state index contributed by atoms with van der Waals surface area (Å²) in [5.74, 6) is -0.511. The molecule has 7 heteroatoms. The van der Waals surface area contributed by atoms with Crippen molar-refractivity contribution in [2.45, 2.75) is 26.1 Å². The van der Waals surface area contributed by atoms with Crippen molar-refractivity contribution in [2.24, 2.45) is 0 Å². The highest BCUT2D eigenvalue weighted by Gasteiger charge is 2.30. The Morgan fingerprint density at radius 3 is 2.73 bits per heavy atom. The maximum atomic E-state index is 12.6. The van der Waals surface area contributed by atoms with Crippen molar-refractivity contribution in [3.8, 4) is 0 Å². The second kappa shape index (κ2) is 6.64. The van der Waals surface area contributed by atoms with Crippen LogP contribution in [0.5, 0.6) is 0 Å². The van der Waals surface area contributed by atoms with Gasteiger partial charge in [0.2, 0.25) is 0 Å². The molecule has 0 saturated heterocycles. The van der Waals surface area contributed by atoms with E-state index in [2.05, 4.69) is 10.4 Å². The van der Waals surface area contributed by atoms with Crippen molar-refractivity contribution in [1.29, 1.82) is 0 Å². The molecule has 2 rings (SSSR count). The van der Waals surface area contributed by atoms with Crippen molar-refractivity contribution in [3.63, 3.8) is 0 Å². The molecule has 0 bridgehead atoms. The number of alkyl halides is 3. The van der Waals surface area contributed by atoms with Crippen LogP contribution in [-0.4, -0.2) is 22.2 Å². The number of nitrogens with zero attached hydrogens (tertiary/aromatic N) is 2. The Morgan fingerprint density at radius 1 is 1.32 bits per heavy atom. The van der Waals surface area contributed by atoms with Crippen molar-refractivity contribution >= 4 is 5.91 Å². The fourth-order valence-electron chi connectivity index (χ4n) is 2.00. The van der Waals surface area contributed by atoms with Gasteiger partial charge < -0.3 is 5.32 Å². The van der Waals surface area contributed by atoms with Gasteiger partial charge in [-0.2, -0.15) is 18.3 Å². The van der Waals surface area contributed by atoms with E-state index in [1.54, 1.807) is 10.9 Å². The molecule has 0 spiro atoms. The van der Waals surface area contributed by atoms with Crippen LogP contribution < -0.4 is 5.32 Å². The maximum absolute atomic E-state index is 12.6. The third-order valence-corrected chi connectivity index (χ3v) is 3.21. The minimum atomic E-state index is -4.45. The van der Waals surface area contributed by atoms with E-state index in [1.165, 1.54) is 12.1 Å². The third kappa shape index (κ3) is 4.09. The summed E-state index contributed by atoms with van der Waals surface area (Å²) in [6.45, 7) is 2.93. The second-order valence-electron chi connectivity index (χ2n) is 4.88. The first-order valence-electron chi connectivity index (χ1n) is 6.82. The average Bonchev–Trinajstić information content (AvgIpc) is 2.88. The summed E-state index contributed by atoms with van der Waals surface area (Å²) in [6.07, 6.45) is -2.11. The number of halogens is 3. The predicted molar refractivity (Wildman–Crippen MR) is 75.4 cm³/mol. The smallest absolute Gasteiger partial charge is 0.352 e. The Bertz CT molecular complexity index is 649. The number of carbonyl (C=O) groups is 1. The zero-order chi connectivity index (χ0) is 16.2. The Morgan fingerprint density at radius 2 is 2.09 bits per heavy atom. The van der Waals surface area contributed by atoms with Gasteiger partial charge in [0.25, 0.3) is 5.91 Å². The SMILES string of the molecule is Cc1ccnn1CCCNC(=O)c1cccc(C(F)(F)F)c1. The molecule has 1 aromatic carbocycles. The summed E-state index contributed by atoms with van der Waals surface area (Å²) in [4.78, 5) is 11.9. The number of carbonyl (C=O) groups excluding carboxylic acids is 1. The standard InChI is InChI=1S/C15H16F3N3O/c1-11-6-8-20-21(11)9-3-7-19-14(22)12-4-2-5-13(10-12)15(16,17)18/h2,4-6,8,10H,3,7,9H2,1H3,(H,19,22). The van der Waals surface area contributed by atoms with E-state index in [0.717, 1.165) is 17.8 Å². The number of hydrogen-bond donors (Lipinski definition) is 1. The number of amides is 1. The van der Waals surface area contributed by atoms with Gasteiger partial charge in [0.05, 0.1) is 5.56 Å². The lowest BCUT2D eigenvalue weighted by Gasteiger charge is -2.09. The lowest BCUT2D eigenvalue weighted by molar-refractivity contribution is -0.137. The fourth-order valence-corrected chi connectivity index (χ4v) is 2.00. The van der Waals surface area contributed by atoms with Gasteiger partial charge in [-0.3, -0.25) is 9.48 Å². The second-order valence-corrected chi connectivity index (χ2v) is 4.88. The largest absolute Gasteiger partial charge is 0.416 e. The molecule has 1 amide bonds. The number of rotatable bonds is 5. The molecule has 0 saturated carbocycles. The molecule has 118 valence electrons. The fraction of sp³-hybridized carbons (Fsp3) is 0.333. The third-order valence-electron chi connectivity index (χ3n) is 3.21. The molecule has 0 unspecified atom stereocenters. The summed E-state index contributed by atoms with van der Waals surface area (Å²) < 4.78 is 39.6. The normalized spacial score (nSPS) is 11.5. The van der Waals surface area contributed by atoms with Gasteiger partial charge >= 0.3 is 6.18 Å². The Hall–Kier alpha value is -2.31. The van der Waals surface area contributed by atoms with Gasteiger partial charge in [-0.25, -0.2) is 0 Å². The van der Waals surface area contributed by atoms with Crippen LogP contribution in [0.15, 0.2) is 36.5 Å². The van der Waals surface area contributed by atoms with Crippen LogP contribution in [0.2, 0.25) is 0 Å². The number of benzene rings is 1. The predicted octanol–water partition coefficient (Wildman–Crippen LogP) is 3.03. The van der Waals surface area contributed by atoms with Crippen LogP contribution in [0.1, 0.15) is 28.0 Å². The van der Waals surface area contributed by atoms with Crippen LogP contribution in [-0.2, 0) is 12.7 Å². The summed E-state index contributed by atoms with van der Waals surface area (Å²) in [6, 6.07) is 6.26. The van der Waals surface area contributed by atoms with E-state index in [4.69, 9.17) is 0 Å². The van der Waals surface area contributed by atoms with Crippen LogP contribution in [0, 0.1) is 6.92 Å². The molecule has 0 atom stereocenters. The molecule has 4 nitrogen and oxygen atoms in total. The van der Waals surface area contributed by atoms with E-state index >= 15 is 0 Å². The quantitative estimate of drug-likeness (QED) is 0.863. The molecular formula is C15H16F3N3O. The molecule has 1 heterocycles. The van der Waals surface area contributed by atoms with E-state index < -0.39 is 17.6 Å². The molecule has 2 aromatic rings. The van der Waals surface area contributed by atoms with Crippen LogP contribution >= 0.6 is 0 Å². The Labute approximate surface area is 125 Å². The Kier molecular flexibility index (Phi) is 4.85. The van der Waals surface area contributed by atoms with Gasteiger partial charge in [0, 0.05) is 30.5 Å². The van der Waals surface area contributed by atoms with Gasteiger partial charge in [-0.05, 0) is 37.6 Å². The van der Waals surface area contributed by atoms with Gasteiger partial charge in [0.15, 0.2) is 0 Å². The summed E-state index contributed by atoms with van der Waals surface area (Å²) in [5, 5.41) is 6.72. The topological polar surface area (TPSA) is 46.9 Å². The molecule has 0 aliphatic carbocycles. The first kappa shape index (κ1) is 16.1. The maximum Gasteiger partial charge on any atom is 0.416 e. The van der Waals surface area contributed by atoms with E-state index in [9.17, 15) is 18.0 Å².